The van der Waals surface area contributed by atoms with Gasteiger partial charge in [0, 0.05) is 10.6 Å². The second-order valence-electron chi connectivity index (χ2n) is 4.55. The molecule has 0 bridgehead atoms. The molecule has 0 amide bonds. The molecular formula is C14H18N2O3S2. The van der Waals surface area contributed by atoms with Gasteiger partial charge in [0.1, 0.15) is 9.96 Å². The first-order valence-corrected chi connectivity index (χ1v) is 8.72. The summed E-state index contributed by atoms with van der Waals surface area (Å²) in [6, 6.07) is 8.56. The lowest BCUT2D eigenvalue weighted by molar-refractivity contribution is 0.412. The maximum Gasteiger partial charge on any atom is 0.271 e. The average Bonchev–Trinajstić information content (AvgIpc) is 2.88. The highest BCUT2D eigenvalue weighted by atomic mass is 32.2. The summed E-state index contributed by atoms with van der Waals surface area (Å²) in [6.07, 6.45) is 0.682. The van der Waals surface area contributed by atoms with Crippen molar-refractivity contribution in [3.63, 3.8) is 0 Å². The summed E-state index contributed by atoms with van der Waals surface area (Å²) in [4.78, 5) is 0.962. The summed E-state index contributed by atoms with van der Waals surface area (Å²) in [7, 11) is -1.98. The Morgan fingerprint density at radius 1 is 1.29 bits per heavy atom. The number of nitrogens with one attached hydrogen (secondary N) is 1. The van der Waals surface area contributed by atoms with Crippen LogP contribution in [0.4, 0.5) is 5.69 Å². The van der Waals surface area contributed by atoms with Crippen LogP contribution in [0.3, 0.4) is 0 Å². The second-order valence-corrected chi connectivity index (χ2v) is 7.63. The van der Waals surface area contributed by atoms with E-state index in [1.165, 1.54) is 11.3 Å². The molecule has 0 atom stereocenters. The minimum atomic E-state index is -3.56. The van der Waals surface area contributed by atoms with E-state index >= 15 is 0 Å². The summed E-state index contributed by atoms with van der Waals surface area (Å²) >= 11 is 1.24. The molecule has 7 heteroatoms. The molecule has 1 aromatic heterocycles. The van der Waals surface area contributed by atoms with Crippen LogP contribution in [-0.4, -0.2) is 22.1 Å². The predicted molar refractivity (Wildman–Crippen MR) is 85.6 cm³/mol. The molecule has 0 aliphatic rings. The minimum absolute atomic E-state index is 0.291. The molecule has 0 unspecified atom stereocenters. The normalized spacial score (nSPS) is 11.4. The van der Waals surface area contributed by atoms with Crippen LogP contribution in [0.1, 0.15) is 10.4 Å². The fourth-order valence-corrected chi connectivity index (χ4v) is 4.35. The van der Waals surface area contributed by atoms with Crippen molar-refractivity contribution in [3.8, 4) is 5.75 Å². The smallest absolute Gasteiger partial charge is 0.271 e. The van der Waals surface area contributed by atoms with E-state index in [-0.39, 0.29) is 0 Å². The first-order chi connectivity index (χ1) is 9.96. The number of rotatable bonds is 6. The van der Waals surface area contributed by atoms with Crippen molar-refractivity contribution in [2.75, 3.05) is 18.4 Å². The molecule has 0 fully saturated rings. The predicted octanol–water partition coefficient (Wildman–Crippen LogP) is 2.37. The van der Waals surface area contributed by atoms with Gasteiger partial charge in [-0.25, -0.2) is 8.42 Å². The molecule has 1 aromatic carbocycles. The fourth-order valence-electron chi connectivity index (χ4n) is 1.93. The molecule has 0 aliphatic heterocycles. The zero-order chi connectivity index (χ0) is 15.5. The zero-order valence-electron chi connectivity index (χ0n) is 11.9. The molecule has 114 valence electrons. The SMILES string of the molecule is COc1ccc(NS(=O)(=O)c2ccc(CCN)s2)cc1C. The zero-order valence-corrected chi connectivity index (χ0v) is 13.6. The van der Waals surface area contributed by atoms with Crippen molar-refractivity contribution in [3.05, 3.63) is 40.8 Å². The summed E-state index contributed by atoms with van der Waals surface area (Å²) in [5.41, 5.74) is 6.86. The highest BCUT2D eigenvalue weighted by molar-refractivity contribution is 7.94. The van der Waals surface area contributed by atoms with Gasteiger partial charge >= 0.3 is 0 Å². The van der Waals surface area contributed by atoms with Crippen LogP contribution in [0.5, 0.6) is 5.75 Å². The van der Waals surface area contributed by atoms with Crippen LogP contribution in [0.25, 0.3) is 0 Å². The Morgan fingerprint density at radius 3 is 2.67 bits per heavy atom. The van der Waals surface area contributed by atoms with E-state index in [0.29, 0.717) is 22.9 Å². The Kier molecular flexibility index (Phi) is 4.87. The van der Waals surface area contributed by atoms with Gasteiger partial charge < -0.3 is 10.5 Å². The third kappa shape index (κ3) is 3.75. The maximum atomic E-state index is 12.3. The number of thiophene rings is 1. The van der Waals surface area contributed by atoms with Gasteiger partial charge in [-0.3, -0.25) is 4.72 Å². The molecule has 0 radical (unpaired) electrons. The van der Waals surface area contributed by atoms with Gasteiger partial charge in [0.25, 0.3) is 10.0 Å². The molecule has 1 heterocycles. The number of hydrogen-bond acceptors (Lipinski definition) is 5. The Bertz CT molecular complexity index is 724. The highest BCUT2D eigenvalue weighted by Gasteiger charge is 2.17. The topological polar surface area (TPSA) is 81.4 Å². The number of nitrogens with two attached hydrogens (primary N) is 1. The number of hydrogen-bond donors (Lipinski definition) is 2. The molecule has 0 saturated heterocycles. The van der Waals surface area contributed by atoms with Gasteiger partial charge in [0.15, 0.2) is 0 Å². The minimum Gasteiger partial charge on any atom is -0.496 e. The van der Waals surface area contributed by atoms with Crippen molar-refractivity contribution < 1.29 is 13.2 Å². The Labute approximate surface area is 128 Å². The van der Waals surface area contributed by atoms with E-state index in [1.54, 1.807) is 37.4 Å². The summed E-state index contributed by atoms with van der Waals surface area (Å²) in [6.45, 7) is 2.37. The molecule has 3 N–H and O–H groups in total. The highest BCUT2D eigenvalue weighted by Crippen LogP contribution is 2.26. The molecule has 0 saturated carbocycles. The van der Waals surface area contributed by atoms with Crippen LogP contribution in [0.2, 0.25) is 0 Å². The lowest BCUT2D eigenvalue weighted by Crippen LogP contribution is -2.11. The fraction of sp³-hybridized carbons (Fsp3) is 0.286. The molecular weight excluding hydrogens is 308 g/mol. The molecule has 2 aromatic rings. The van der Waals surface area contributed by atoms with Gasteiger partial charge in [-0.2, -0.15) is 0 Å². The van der Waals surface area contributed by atoms with Crippen molar-refractivity contribution in [2.45, 2.75) is 17.6 Å². The van der Waals surface area contributed by atoms with Crippen molar-refractivity contribution in [2.24, 2.45) is 5.73 Å². The van der Waals surface area contributed by atoms with Crippen molar-refractivity contribution >= 4 is 27.0 Å². The lowest BCUT2D eigenvalue weighted by Gasteiger charge is -2.09. The maximum absolute atomic E-state index is 12.3. The standard InChI is InChI=1S/C14H18N2O3S2/c1-10-9-11(3-5-13(10)19-2)16-21(17,18)14-6-4-12(20-14)7-8-15/h3-6,9,16H,7-8,15H2,1-2H3. The number of anilines is 1. The Balaban J connectivity index is 2.22. The van der Waals surface area contributed by atoms with Crippen LogP contribution < -0.4 is 15.2 Å². The molecule has 0 aliphatic carbocycles. The van der Waals surface area contributed by atoms with Gasteiger partial charge in [-0.15, -0.1) is 11.3 Å². The van der Waals surface area contributed by atoms with E-state index in [9.17, 15) is 8.42 Å². The van der Waals surface area contributed by atoms with Gasteiger partial charge in [-0.05, 0) is 55.8 Å². The average molecular weight is 326 g/mol. The van der Waals surface area contributed by atoms with E-state index < -0.39 is 10.0 Å². The number of methoxy groups -OCH3 is 1. The third-order valence-corrected chi connectivity index (χ3v) is 5.96. The summed E-state index contributed by atoms with van der Waals surface area (Å²) < 4.78 is 32.7. The lowest BCUT2D eigenvalue weighted by atomic mass is 10.2. The third-order valence-electron chi connectivity index (χ3n) is 2.94. The monoisotopic (exact) mass is 326 g/mol. The molecule has 0 spiro atoms. The van der Waals surface area contributed by atoms with Crippen LogP contribution in [0, 0.1) is 6.92 Å². The number of ether oxygens (including phenoxy) is 1. The van der Waals surface area contributed by atoms with E-state index in [0.717, 1.165) is 16.2 Å². The number of aryl methyl sites for hydroxylation is 1. The van der Waals surface area contributed by atoms with E-state index in [4.69, 9.17) is 10.5 Å². The number of sulfonamides is 1. The van der Waals surface area contributed by atoms with Gasteiger partial charge in [0.2, 0.25) is 0 Å². The molecule has 21 heavy (non-hydrogen) atoms. The van der Waals surface area contributed by atoms with E-state index in [2.05, 4.69) is 4.72 Å². The molecule has 5 nitrogen and oxygen atoms in total. The van der Waals surface area contributed by atoms with E-state index in [1.807, 2.05) is 6.92 Å². The quantitative estimate of drug-likeness (QED) is 0.854. The summed E-state index contributed by atoms with van der Waals surface area (Å²) in [5.74, 6) is 0.722. The van der Waals surface area contributed by atoms with Crippen LogP contribution >= 0.6 is 11.3 Å². The summed E-state index contributed by atoms with van der Waals surface area (Å²) in [5, 5.41) is 0. The largest absolute Gasteiger partial charge is 0.496 e. The number of benzene rings is 1. The first-order valence-electron chi connectivity index (χ1n) is 6.42. The van der Waals surface area contributed by atoms with Crippen LogP contribution in [0.15, 0.2) is 34.5 Å². The Hall–Kier alpha value is -1.57. The first kappa shape index (κ1) is 15.8. The van der Waals surface area contributed by atoms with Crippen LogP contribution in [-0.2, 0) is 16.4 Å². The Morgan fingerprint density at radius 2 is 2.05 bits per heavy atom. The van der Waals surface area contributed by atoms with Crippen molar-refractivity contribution in [1.82, 2.24) is 0 Å². The van der Waals surface area contributed by atoms with Gasteiger partial charge in [-0.1, -0.05) is 0 Å². The molecule has 2 rings (SSSR count). The van der Waals surface area contributed by atoms with Gasteiger partial charge in [0.05, 0.1) is 7.11 Å². The van der Waals surface area contributed by atoms with Crippen molar-refractivity contribution in [1.29, 1.82) is 0 Å². The second kappa shape index (κ2) is 6.46.